The van der Waals surface area contributed by atoms with Gasteiger partial charge in [0.25, 0.3) is 0 Å². The zero-order chi connectivity index (χ0) is 12.5. The van der Waals surface area contributed by atoms with Crippen LogP contribution in [0, 0.1) is 0 Å². The number of allylic oxidation sites excluding steroid dienone is 1. The Morgan fingerprint density at radius 1 is 1.35 bits per heavy atom. The van der Waals surface area contributed by atoms with Gasteiger partial charge in [0.1, 0.15) is 0 Å². The minimum atomic E-state index is 0.684. The van der Waals surface area contributed by atoms with Crippen LogP contribution in [0.25, 0.3) is 0 Å². The van der Waals surface area contributed by atoms with Crippen LogP contribution in [0.4, 0.5) is 0 Å². The van der Waals surface area contributed by atoms with Gasteiger partial charge >= 0.3 is 0 Å². The molecule has 100 valence electrons. The topological polar surface area (TPSA) is 12.0 Å². The van der Waals surface area contributed by atoms with Crippen molar-refractivity contribution in [3.05, 3.63) is 12.2 Å². The van der Waals surface area contributed by atoms with Crippen LogP contribution in [0.1, 0.15) is 58.8 Å². The zero-order valence-electron chi connectivity index (χ0n) is 11.6. The fourth-order valence-electron chi connectivity index (χ4n) is 2.44. The molecule has 0 aliphatic heterocycles. The van der Waals surface area contributed by atoms with E-state index < -0.39 is 0 Å². The molecule has 1 atom stereocenters. The SMILES string of the molecule is C=C(C)CCC(CSC1CCCCC1)NCC. The summed E-state index contributed by atoms with van der Waals surface area (Å²) in [5.41, 5.74) is 1.32. The van der Waals surface area contributed by atoms with E-state index in [0.717, 1.165) is 11.8 Å². The van der Waals surface area contributed by atoms with E-state index in [0.29, 0.717) is 6.04 Å². The van der Waals surface area contributed by atoms with Crippen molar-refractivity contribution < 1.29 is 0 Å². The van der Waals surface area contributed by atoms with E-state index >= 15 is 0 Å². The van der Waals surface area contributed by atoms with Gasteiger partial charge in [-0.1, -0.05) is 31.8 Å². The second-order valence-corrected chi connectivity index (χ2v) is 6.68. The van der Waals surface area contributed by atoms with E-state index in [1.165, 1.54) is 56.3 Å². The molecule has 17 heavy (non-hydrogen) atoms. The van der Waals surface area contributed by atoms with Crippen LogP contribution in [0.3, 0.4) is 0 Å². The van der Waals surface area contributed by atoms with E-state index in [2.05, 4.69) is 37.5 Å². The summed E-state index contributed by atoms with van der Waals surface area (Å²) in [6, 6.07) is 0.684. The van der Waals surface area contributed by atoms with Crippen molar-refractivity contribution in [3.8, 4) is 0 Å². The van der Waals surface area contributed by atoms with Gasteiger partial charge in [0.2, 0.25) is 0 Å². The zero-order valence-corrected chi connectivity index (χ0v) is 12.5. The average Bonchev–Trinajstić information content (AvgIpc) is 2.34. The monoisotopic (exact) mass is 255 g/mol. The molecule has 1 nitrogen and oxygen atoms in total. The van der Waals surface area contributed by atoms with Crippen LogP contribution in [0.5, 0.6) is 0 Å². The van der Waals surface area contributed by atoms with Gasteiger partial charge < -0.3 is 5.32 Å². The lowest BCUT2D eigenvalue weighted by molar-refractivity contribution is 0.509. The Bertz CT molecular complexity index is 209. The summed E-state index contributed by atoms with van der Waals surface area (Å²) in [4.78, 5) is 0. The summed E-state index contributed by atoms with van der Waals surface area (Å²) in [5, 5.41) is 4.56. The summed E-state index contributed by atoms with van der Waals surface area (Å²) in [6.45, 7) is 9.44. The first-order chi connectivity index (χ1) is 8.22. The molecular formula is C15H29NS. The van der Waals surface area contributed by atoms with Gasteiger partial charge in [-0.25, -0.2) is 0 Å². The third kappa shape index (κ3) is 7.15. The number of thioether (sulfide) groups is 1. The molecule has 0 aromatic rings. The lowest BCUT2D eigenvalue weighted by Gasteiger charge is -2.24. The van der Waals surface area contributed by atoms with E-state index in [9.17, 15) is 0 Å². The van der Waals surface area contributed by atoms with Crippen LogP contribution < -0.4 is 5.32 Å². The van der Waals surface area contributed by atoms with Crippen molar-refractivity contribution in [2.24, 2.45) is 0 Å². The average molecular weight is 255 g/mol. The standard InChI is InChI=1S/C15H29NS/c1-4-16-14(11-10-13(2)3)12-17-15-8-6-5-7-9-15/h14-16H,2,4-12H2,1,3H3. The number of hydrogen-bond donors (Lipinski definition) is 1. The minimum absolute atomic E-state index is 0.684. The molecule has 1 aliphatic carbocycles. The molecule has 1 aliphatic rings. The largest absolute Gasteiger partial charge is 0.313 e. The summed E-state index contributed by atoms with van der Waals surface area (Å²) in [5.74, 6) is 1.28. The Morgan fingerprint density at radius 3 is 2.65 bits per heavy atom. The van der Waals surface area contributed by atoms with Crippen molar-refractivity contribution in [1.82, 2.24) is 5.32 Å². The smallest absolute Gasteiger partial charge is 0.0161 e. The maximum absolute atomic E-state index is 4.00. The third-order valence-electron chi connectivity index (χ3n) is 3.50. The van der Waals surface area contributed by atoms with Crippen molar-refractivity contribution in [2.45, 2.75) is 70.1 Å². The normalized spacial score (nSPS) is 19.2. The molecule has 1 fully saturated rings. The Labute approximate surface area is 112 Å². The highest BCUT2D eigenvalue weighted by atomic mass is 32.2. The highest BCUT2D eigenvalue weighted by Crippen LogP contribution is 2.29. The fourth-order valence-corrected chi connectivity index (χ4v) is 3.89. The molecule has 1 N–H and O–H groups in total. The van der Waals surface area contributed by atoms with Crippen LogP contribution in [-0.2, 0) is 0 Å². The number of rotatable bonds is 8. The first-order valence-corrected chi connectivity index (χ1v) is 8.26. The summed E-state index contributed by atoms with van der Waals surface area (Å²) in [6.07, 6.45) is 9.69. The van der Waals surface area contributed by atoms with Crippen LogP contribution in [0.2, 0.25) is 0 Å². The molecule has 0 radical (unpaired) electrons. The van der Waals surface area contributed by atoms with Gasteiger partial charge in [0.05, 0.1) is 0 Å². The van der Waals surface area contributed by atoms with Crippen LogP contribution in [0.15, 0.2) is 12.2 Å². The van der Waals surface area contributed by atoms with Gasteiger partial charge in [-0.3, -0.25) is 0 Å². The highest BCUT2D eigenvalue weighted by molar-refractivity contribution is 7.99. The Morgan fingerprint density at radius 2 is 2.06 bits per heavy atom. The lowest BCUT2D eigenvalue weighted by atomic mass is 10.0. The third-order valence-corrected chi connectivity index (χ3v) is 5.04. The summed E-state index contributed by atoms with van der Waals surface area (Å²) < 4.78 is 0. The number of hydrogen-bond acceptors (Lipinski definition) is 2. The second-order valence-electron chi connectivity index (χ2n) is 5.34. The summed E-state index contributed by atoms with van der Waals surface area (Å²) in [7, 11) is 0. The van der Waals surface area contributed by atoms with Crippen molar-refractivity contribution in [2.75, 3.05) is 12.3 Å². The van der Waals surface area contributed by atoms with Gasteiger partial charge in [0, 0.05) is 17.0 Å². The highest BCUT2D eigenvalue weighted by Gasteiger charge is 2.16. The molecule has 0 saturated heterocycles. The van der Waals surface area contributed by atoms with Gasteiger partial charge in [0.15, 0.2) is 0 Å². The molecule has 1 rings (SSSR count). The maximum Gasteiger partial charge on any atom is 0.0161 e. The van der Waals surface area contributed by atoms with Crippen molar-refractivity contribution in [1.29, 1.82) is 0 Å². The lowest BCUT2D eigenvalue weighted by Crippen LogP contribution is -2.32. The molecule has 0 spiro atoms. The summed E-state index contributed by atoms with van der Waals surface area (Å²) >= 11 is 2.20. The molecule has 0 aromatic heterocycles. The van der Waals surface area contributed by atoms with E-state index in [4.69, 9.17) is 0 Å². The molecule has 0 heterocycles. The molecule has 1 saturated carbocycles. The van der Waals surface area contributed by atoms with Crippen molar-refractivity contribution in [3.63, 3.8) is 0 Å². The molecule has 0 aromatic carbocycles. The van der Waals surface area contributed by atoms with Gasteiger partial charge in [-0.15, -0.1) is 6.58 Å². The van der Waals surface area contributed by atoms with Gasteiger partial charge in [-0.2, -0.15) is 11.8 Å². The van der Waals surface area contributed by atoms with E-state index in [-0.39, 0.29) is 0 Å². The van der Waals surface area contributed by atoms with E-state index in [1.54, 1.807) is 0 Å². The molecule has 2 heteroatoms. The number of nitrogens with one attached hydrogen (secondary N) is 1. The Balaban J connectivity index is 2.19. The van der Waals surface area contributed by atoms with E-state index in [1.807, 2.05) is 0 Å². The van der Waals surface area contributed by atoms with Crippen LogP contribution in [-0.4, -0.2) is 23.6 Å². The molecular weight excluding hydrogens is 226 g/mol. The maximum atomic E-state index is 4.00. The fraction of sp³-hybridized carbons (Fsp3) is 0.867. The van der Waals surface area contributed by atoms with Gasteiger partial charge in [-0.05, 0) is 39.2 Å². The molecule has 1 unspecified atom stereocenters. The molecule has 0 amide bonds. The first kappa shape index (κ1) is 15.1. The predicted molar refractivity (Wildman–Crippen MR) is 80.8 cm³/mol. The molecule has 0 bridgehead atoms. The quantitative estimate of drug-likeness (QED) is 0.646. The Kier molecular flexibility index (Phi) is 8.04. The van der Waals surface area contributed by atoms with Crippen molar-refractivity contribution >= 4 is 11.8 Å². The predicted octanol–water partition coefficient (Wildman–Crippen LogP) is 4.39. The second kappa shape index (κ2) is 9.04. The first-order valence-electron chi connectivity index (χ1n) is 7.21. The van der Waals surface area contributed by atoms with Crippen LogP contribution >= 0.6 is 11.8 Å². The minimum Gasteiger partial charge on any atom is -0.313 e. The Hall–Kier alpha value is 0.0500.